The lowest BCUT2D eigenvalue weighted by Gasteiger charge is -1.67. The highest BCUT2D eigenvalue weighted by molar-refractivity contribution is 9.06. The van der Waals surface area contributed by atoms with Crippen LogP contribution in [0.3, 0.4) is 0 Å². The molecule has 0 aliphatic carbocycles. The molecule has 0 rings (SSSR count). The van der Waals surface area contributed by atoms with E-state index in [0.717, 1.165) is 0 Å². The minimum Gasteiger partial charge on any atom is -0.429 e. The van der Waals surface area contributed by atoms with Crippen LogP contribution in [0.1, 0.15) is 0 Å². The lowest BCUT2D eigenvalue weighted by molar-refractivity contribution is 0.502. The summed E-state index contributed by atoms with van der Waals surface area (Å²) >= 11 is 2.50. The molecule has 0 spiro atoms. The van der Waals surface area contributed by atoms with Gasteiger partial charge in [-0.3, -0.25) is 0 Å². The van der Waals surface area contributed by atoms with E-state index in [0.29, 0.717) is 0 Å². The highest BCUT2D eigenvalue weighted by Crippen LogP contribution is 1.71. The second kappa shape index (κ2) is 3.46. The Morgan fingerprint density at radius 2 is 2.25 bits per heavy atom. The van der Waals surface area contributed by atoms with Crippen molar-refractivity contribution in [2.75, 3.05) is 0 Å². The molecule has 0 aliphatic rings. The predicted molar refractivity (Wildman–Crippen MR) is 19.4 cm³/mol. The molecule has 0 saturated heterocycles. The molecule has 0 fully saturated rings. The molecule has 0 aromatic carbocycles. The molecule has 0 heterocycles. The molecule has 0 bridgehead atoms. The summed E-state index contributed by atoms with van der Waals surface area (Å²) < 4.78 is 3.91. The van der Waals surface area contributed by atoms with E-state index in [9.17, 15) is 0 Å². The normalized spacial score (nSPS) is 6.50. The molecule has 0 amide bonds. The zero-order chi connectivity index (χ0) is 3.41. The minimum absolute atomic E-state index is 0.264. The molecule has 1 N–H and O–H groups in total. The molecular weight excluding hydrogens is 123 g/mol. The summed E-state index contributed by atoms with van der Waals surface area (Å²) in [4.78, 5) is 0. The monoisotopic (exact) mass is 124 g/mol. The van der Waals surface area contributed by atoms with Crippen molar-refractivity contribution in [2.45, 2.75) is 0 Å². The van der Waals surface area contributed by atoms with Gasteiger partial charge in [0.05, 0.1) is 16.3 Å². The van der Waals surface area contributed by atoms with Crippen molar-refractivity contribution in [3.05, 3.63) is 0 Å². The van der Waals surface area contributed by atoms with Gasteiger partial charge in [-0.05, 0) is 0 Å². The second-order valence-electron chi connectivity index (χ2n) is 0.238. The van der Waals surface area contributed by atoms with E-state index >= 15 is 0 Å². The van der Waals surface area contributed by atoms with Gasteiger partial charge in [-0.1, -0.05) is 0 Å². The van der Waals surface area contributed by atoms with E-state index in [1.54, 1.807) is 0 Å². The van der Waals surface area contributed by atoms with Gasteiger partial charge in [-0.15, -0.1) is 0 Å². The third kappa shape index (κ3) is 2.46. The third-order valence-electron chi connectivity index (χ3n) is 0.0488. The second-order valence-corrected chi connectivity index (χ2v) is 0.696. The fraction of sp³-hybridized carbons (Fsp3) is 0. The van der Waals surface area contributed by atoms with Gasteiger partial charge in [0.25, 0.3) is 0 Å². The molecule has 2 nitrogen and oxygen atoms in total. The summed E-state index contributed by atoms with van der Waals surface area (Å²) in [5.41, 5.74) is 0. The molecule has 0 atom stereocenters. The SMILES string of the molecule is OBOBr. The first-order valence-corrected chi connectivity index (χ1v) is 1.41. The highest BCUT2D eigenvalue weighted by Gasteiger charge is 1.66. The molecule has 0 unspecified atom stereocenters. The van der Waals surface area contributed by atoms with Crippen molar-refractivity contribution >= 4 is 23.9 Å². The standard InChI is InChI=1S/BBrH2O2/c2-4-1-3/h1,3H. The Kier molecular flexibility index (Phi) is 3.87. The Hall–Kier alpha value is 0.465. The lowest BCUT2D eigenvalue weighted by atomic mass is 10.5. The molecule has 4 heteroatoms. The van der Waals surface area contributed by atoms with E-state index in [4.69, 9.17) is 5.02 Å². The van der Waals surface area contributed by atoms with Crippen molar-refractivity contribution in [1.29, 1.82) is 0 Å². The van der Waals surface area contributed by atoms with Crippen LogP contribution in [0.25, 0.3) is 0 Å². The maximum atomic E-state index is 7.61. The number of rotatable bonds is 1. The zero-order valence-electron chi connectivity index (χ0n) is 1.94. The van der Waals surface area contributed by atoms with Gasteiger partial charge >= 0.3 is 7.69 Å². The molecule has 0 saturated carbocycles. The van der Waals surface area contributed by atoms with E-state index in [1.165, 1.54) is 0 Å². The summed E-state index contributed by atoms with van der Waals surface area (Å²) in [5, 5.41) is 7.61. The number of halogens is 1. The first kappa shape index (κ1) is 4.46. The third-order valence-corrected chi connectivity index (χ3v) is 0.254. The van der Waals surface area contributed by atoms with Crippen LogP contribution in [-0.2, 0) is 3.75 Å². The molecule has 0 aromatic heterocycles. The fourth-order valence-electron chi connectivity index (χ4n) is 0. The maximum Gasteiger partial charge on any atom is 0.446 e. The molecule has 4 heavy (non-hydrogen) atoms. The van der Waals surface area contributed by atoms with Crippen LogP contribution in [0.5, 0.6) is 0 Å². The van der Waals surface area contributed by atoms with Crippen molar-refractivity contribution in [1.82, 2.24) is 0 Å². The molecule has 0 aliphatic heterocycles. The highest BCUT2D eigenvalue weighted by atomic mass is 79.9. The lowest BCUT2D eigenvalue weighted by Crippen LogP contribution is -1.79. The average molecular weight is 125 g/mol. The van der Waals surface area contributed by atoms with E-state index < -0.39 is 0 Å². The van der Waals surface area contributed by atoms with Gasteiger partial charge in [0.15, 0.2) is 0 Å². The van der Waals surface area contributed by atoms with Crippen molar-refractivity contribution in [3.63, 3.8) is 0 Å². The molecule has 0 radical (unpaired) electrons. The molecular formula is H2BBrO2. The smallest absolute Gasteiger partial charge is 0.429 e. The largest absolute Gasteiger partial charge is 0.446 e. The van der Waals surface area contributed by atoms with E-state index in [-0.39, 0.29) is 7.69 Å². The van der Waals surface area contributed by atoms with Gasteiger partial charge in [0, 0.05) is 0 Å². The van der Waals surface area contributed by atoms with Crippen molar-refractivity contribution in [2.24, 2.45) is 0 Å². The van der Waals surface area contributed by atoms with Crippen molar-refractivity contribution in [3.8, 4) is 0 Å². The Labute approximate surface area is 33.5 Å². The quantitative estimate of drug-likeness (QED) is 0.481. The van der Waals surface area contributed by atoms with Gasteiger partial charge < -0.3 is 8.77 Å². The van der Waals surface area contributed by atoms with Gasteiger partial charge in [-0.25, -0.2) is 0 Å². The first-order chi connectivity index (χ1) is 1.91. The van der Waals surface area contributed by atoms with Crippen LogP contribution < -0.4 is 0 Å². The summed E-state index contributed by atoms with van der Waals surface area (Å²) in [6, 6.07) is 0. The Morgan fingerprint density at radius 1 is 2.00 bits per heavy atom. The van der Waals surface area contributed by atoms with Gasteiger partial charge in [0.1, 0.15) is 0 Å². The number of hydrogen-bond acceptors (Lipinski definition) is 2. The molecule has 0 aromatic rings. The summed E-state index contributed by atoms with van der Waals surface area (Å²) in [6.07, 6.45) is 0. The summed E-state index contributed by atoms with van der Waals surface area (Å²) in [7, 11) is -0.264. The van der Waals surface area contributed by atoms with Crippen LogP contribution in [0, 0.1) is 0 Å². The minimum atomic E-state index is -0.264. The van der Waals surface area contributed by atoms with Gasteiger partial charge in [0.2, 0.25) is 0 Å². The van der Waals surface area contributed by atoms with E-state index in [1.807, 2.05) is 0 Å². The first-order valence-electron chi connectivity index (χ1n) is 0.759. The van der Waals surface area contributed by atoms with Crippen LogP contribution in [0.2, 0.25) is 0 Å². The van der Waals surface area contributed by atoms with Gasteiger partial charge in [-0.2, -0.15) is 0 Å². The fourth-order valence-corrected chi connectivity index (χ4v) is 0. The maximum absolute atomic E-state index is 7.61. The van der Waals surface area contributed by atoms with Crippen molar-refractivity contribution < 1.29 is 8.77 Å². The average Bonchev–Trinajstić information content (AvgIpc) is 1.37. The van der Waals surface area contributed by atoms with Crippen LogP contribution in [0.15, 0.2) is 0 Å². The zero-order valence-corrected chi connectivity index (χ0v) is 3.53. The predicted octanol–water partition coefficient (Wildman–Crippen LogP) is -0.428. The molecule has 24 valence electrons. The van der Waals surface area contributed by atoms with Crippen LogP contribution in [0.4, 0.5) is 0 Å². The summed E-state index contributed by atoms with van der Waals surface area (Å²) in [5.74, 6) is 0. The Balaban J connectivity index is 1.97. The van der Waals surface area contributed by atoms with Crippen LogP contribution >= 0.6 is 16.3 Å². The van der Waals surface area contributed by atoms with Crippen LogP contribution in [-0.4, -0.2) is 12.7 Å². The Morgan fingerprint density at radius 3 is 2.25 bits per heavy atom. The summed E-state index contributed by atoms with van der Waals surface area (Å²) in [6.45, 7) is 0. The topological polar surface area (TPSA) is 29.5 Å². The van der Waals surface area contributed by atoms with E-state index in [2.05, 4.69) is 20.0 Å². The number of hydrogen-bond donors (Lipinski definition) is 1. The Bertz CT molecular complexity index is 8.00.